The zero-order valence-corrected chi connectivity index (χ0v) is 19.8. The molecule has 6 rings (SSSR count). The zero-order valence-electron chi connectivity index (χ0n) is 19.8. The molecule has 36 heavy (non-hydrogen) atoms. The summed E-state index contributed by atoms with van der Waals surface area (Å²) in [6, 6.07) is 22.1. The fourth-order valence-corrected chi connectivity index (χ4v) is 5.11. The second-order valence-corrected chi connectivity index (χ2v) is 9.31. The van der Waals surface area contributed by atoms with Crippen LogP contribution >= 0.6 is 0 Å². The van der Waals surface area contributed by atoms with E-state index in [4.69, 9.17) is 14.0 Å². The Morgan fingerprint density at radius 2 is 1.53 bits per heavy atom. The molecule has 2 aliphatic rings. The summed E-state index contributed by atoms with van der Waals surface area (Å²) in [7, 11) is 0. The fraction of sp³-hybridized carbons (Fsp3) is 0.276. The van der Waals surface area contributed by atoms with Crippen molar-refractivity contribution in [2.24, 2.45) is 5.92 Å². The Balaban J connectivity index is 1.19. The normalized spacial score (nSPS) is 16.9. The van der Waals surface area contributed by atoms with Gasteiger partial charge in [0.15, 0.2) is 12.2 Å². The first-order valence-corrected chi connectivity index (χ1v) is 12.4. The van der Waals surface area contributed by atoms with E-state index in [1.807, 2.05) is 48.5 Å². The lowest BCUT2D eigenvalue weighted by molar-refractivity contribution is -0.156. The van der Waals surface area contributed by atoms with E-state index in [1.165, 1.54) is 6.42 Å². The van der Waals surface area contributed by atoms with Crippen LogP contribution in [0.2, 0.25) is 0 Å². The lowest BCUT2D eigenvalue weighted by Crippen LogP contribution is -2.34. The molecule has 0 N–H and O–H groups in total. The van der Waals surface area contributed by atoms with Crippen molar-refractivity contribution in [3.05, 3.63) is 95.4 Å². The maximum absolute atomic E-state index is 12.9. The van der Waals surface area contributed by atoms with Crippen LogP contribution < -0.4 is 4.74 Å². The van der Waals surface area contributed by atoms with Crippen LogP contribution in [-0.2, 0) is 11.4 Å². The number of rotatable bonds is 7. The Hall–Kier alpha value is -3.97. The largest absolute Gasteiger partial charge is 0.484 e. The van der Waals surface area contributed by atoms with Gasteiger partial charge < -0.3 is 9.15 Å². The maximum Gasteiger partial charge on any atom is 0.285 e. The summed E-state index contributed by atoms with van der Waals surface area (Å²) in [5.41, 5.74) is 3.20. The molecule has 0 radical (unpaired) electrons. The highest BCUT2D eigenvalue weighted by Crippen LogP contribution is 2.39. The summed E-state index contributed by atoms with van der Waals surface area (Å²) >= 11 is 0. The number of imide groups is 1. The number of aromatic nitrogens is 1. The predicted molar refractivity (Wildman–Crippen MR) is 132 cm³/mol. The third-order valence-electron chi connectivity index (χ3n) is 6.96. The van der Waals surface area contributed by atoms with E-state index in [9.17, 15) is 9.59 Å². The summed E-state index contributed by atoms with van der Waals surface area (Å²) in [6.45, 7) is 0.214. The molecule has 4 aromatic rings. The average Bonchev–Trinajstić information content (AvgIpc) is 3.45. The van der Waals surface area contributed by atoms with Crippen LogP contribution in [-0.4, -0.2) is 21.9 Å². The molecular formula is C29H26N2O5. The Labute approximate surface area is 208 Å². The number of hydroxylamine groups is 2. The zero-order chi connectivity index (χ0) is 24.5. The molecule has 1 fully saturated rings. The number of nitrogens with zero attached hydrogens (tertiary/aromatic N) is 2. The Kier molecular flexibility index (Phi) is 5.99. The van der Waals surface area contributed by atoms with Gasteiger partial charge in [0.1, 0.15) is 17.4 Å². The van der Waals surface area contributed by atoms with Gasteiger partial charge in [-0.25, -0.2) is 4.98 Å². The van der Waals surface area contributed by atoms with E-state index in [0.717, 1.165) is 47.4 Å². The third-order valence-corrected chi connectivity index (χ3v) is 6.96. The van der Waals surface area contributed by atoms with Gasteiger partial charge in [0.2, 0.25) is 5.89 Å². The predicted octanol–water partition coefficient (Wildman–Crippen LogP) is 6.26. The van der Waals surface area contributed by atoms with Crippen molar-refractivity contribution < 1.29 is 23.6 Å². The molecule has 1 aliphatic heterocycles. The first kappa shape index (κ1) is 22.5. The lowest BCUT2D eigenvalue weighted by Gasteiger charge is -2.32. The molecule has 3 aromatic carbocycles. The van der Waals surface area contributed by atoms with Crippen LogP contribution in [0.25, 0.3) is 11.1 Å². The highest BCUT2D eigenvalue weighted by atomic mass is 16.7. The van der Waals surface area contributed by atoms with Crippen LogP contribution in [0.5, 0.6) is 5.75 Å². The Morgan fingerprint density at radius 3 is 2.22 bits per heavy atom. The van der Waals surface area contributed by atoms with Crippen LogP contribution in [0.15, 0.2) is 77.2 Å². The van der Waals surface area contributed by atoms with Crippen LogP contribution in [0, 0.1) is 5.92 Å². The van der Waals surface area contributed by atoms with Crippen LogP contribution in [0.1, 0.15) is 70.4 Å². The number of benzene rings is 3. The van der Waals surface area contributed by atoms with Gasteiger partial charge in [0.05, 0.1) is 11.1 Å². The smallest absolute Gasteiger partial charge is 0.285 e. The van der Waals surface area contributed by atoms with Gasteiger partial charge in [-0.1, -0.05) is 55.7 Å². The van der Waals surface area contributed by atoms with Gasteiger partial charge in [0, 0.05) is 0 Å². The molecule has 0 saturated heterocycles. The molecule has 1 unspecified atom stereocenters. The first-order chi connectivity index (χ1) is 17.7. The Bertz CT molecular complexity index is 1340. The molecule has 182 valence electrons. The maximum atomic E-state index is 12.9. The van der Waals surface area contributed by atoms with Crippen molar-refractivity contribution in [2.45, 2.75) is 44.8 Å². The van der Waals surface area contributed by atoms with E-state index in [2.05, 4.69) is 4.98 Å². The van der Waals surface area contributed by atoms with Crippen LogP contribution in [0.3, 0.4) is 0 Å². The molecule has 1 atom stereocenters. The van der Waals surface area contributed by atoms with Gasteiger partial charge in [-0.3, -0.25) is 14.4 Å². The third kappa shape index (κ3) is 4.27. The van der Waals surface area contributed by atoms with E-state index in [0.29, 0.717) is 22.8 Å². The van der Waals surface area contributed by atoms with E-state index < -0.39 is 17.9 Å². The van der Waals surface area contributed by atoms with E-state index in [-0.39, 0.29) is 12.5 Å². The lowest BCUT2D eigenvalue weighted by atomic mass is 9.82. The molecule has 1 saturated carbocycles. The summed E-state index contributed by atoms with van der Waals surface area (Å²) < 4.78 is 11.6. The standard InChI is InChI=1S/C29H26N2O5/c32-28-22-10-4-5-11-23(22)29(33)31(28)36-27(19-8-2-1-3-9-19)20-14-16-21(17-15-20)34-18-26-30-24-12-6-7-13-25(24)35-26/h4-7,10-17,19,27H,1-3,8-9,18H2. The number of oxazole rings is 1. The molecule has 1 aromatic heterocycles. The minimum absolute atomic E-state index is 0.214. The number of carbonyl (C=O) groups excluding carboxylic acids is 2. The van der Waals surface area contributed by atoms with Gasteiger partial charge in [-0.2, -0.15) is 0 Å². The van der Waals surface area contributed by atoms with E-state index in [1.54, 1.807) is 24.3 Å². The number of fused-ring (bicyclic) bond motifs is 2. The summed E-state index contributed by atoms with van der Waals surface area (Å²) in [5, 5.41) is 0.946. The minimum atomic E-state index is -0.408. The molecule has 2 heterocycles. The topological polar surface area (TPSA) is 81.9 Å². The number of hydrogen-bond acceptors (Lipinski definition) is 6. The van der Waals surface area contributed by atoms with Crippen molar-refractivity contribution >= 4 is 22.9 Å². The molecule has 7 nitrogen and oxygen atoms in total. The summed E-state index contributed by atoms with van der Waals surface area (Å²) in [4.78, 5) is 36.5. The minimum Gasteiger partial charge on any atom is -0.484 e. The summed E-state index contributed by atoms with van der Waals surface area (Å²) in [6.07, 6.45) is 4.99. The molecule has 0 bridgehead atoms. The molecular weight excluding hydrogens is 456 g/mol. The van der Waals surface area contributed by atoms with Crippen molar-refractivity contribution in [2.75, 3.05) is 0 Å². The van der Waals surface area contributed by atoms with Gasteiger partial charge in [0.25, 0.3) is 11.8 Å². The highest BCUT2D eigenvalue weighted by Gasteiger charge is 2.40. The SMILES string of the molecule is O=C1c2ccccc2C(=O)N1OC(c1ccc(OCc2nc3ccccc3o2)cc1)C1CCCCC1. The Morgan fingerprint density at radius 1 is 0.861 bits per heavy atom. The highest BCUT2D eigenvalue weighted by molar-refractivity contribution is 6.20. The molecule has 0 spiro atoms. The second-order valence-electron chi connectivity index (χ2n) is 9.31. The van der Waals surface area contributed by atoms with Gasteiger partial charge in [-0.15, -0.1) is 5.06 Å². The number of amides is 2. The van der Waals surface area contributed by atoms with Crippen molar-refractivity contribution in [3.63, 3.8) is 0 Å². The number of hydrogen-bond donors (Lipinski definition) is 0. The van der Waals surface area contributed by atoms with Crippen molar-refractivity contribution in [1.82, 2.24) is 10.0 Å². The first-order valence-electron chi connectivity index (χ1n) is 12.4. The van der Waals surface area contributed by atoms with E-state index >= 15 is 0 Å². The monoisotopic (exact) mass is 482 g/mol. The fourth-order valence-electron chi connectivity index (χ4n) is 5.11. The molecule has 2 amide bonds. The number of carbonyl (C=O) groups is 2. The summed E-state index contributed by atoms with van der Waals surface area (Å²) in [5.74, 6) is 0.581. The average molecular weight is 483 g/mol. The van der Waals surface area contributed by atoms with Crippen molar-refractivity contribution in [1.29, 1.82) is 0 Å². The van der Waals surface area contributed by atoms with Gasteiger partial charge in [-0.05, 0) is 60.7 Å². The number of para-hydroxylation sites is 2. The molecule has 7 heteroatoms. The quantitative estimate of drug-likeness (QED) is 0.289. The van der Waals surface area contributed by atoms with Crippen LogP contribution in [0.4, 0.5) is 0 Å². The van der Waals surface area contributed by atoms with Gasteiger partial charge >= 0.3 is 0 Å². The van der Waals surface area contributed by atoms with Crippen molar-refractivity contribution in [3.8, 4) is 5.75 Å². The number of ether oxygens (including phenoxy) is 1. The molecule has 1 aliphatic carbocycles. The second kappa shape index (κ2) is 9.59.